The molecule has 0 aliphatic carbocycles. The monoisotopic (exact) mass is 255 g/mol. The maximum absolute atomic E-state index is 5.76. The second-order valence-electron chi connectivity index (χ2n) is 4.55. The number of unbranched alkanes of at least 4 members (excludes halogenated alkanes) is 1. The van der Waals surface area contributed by atoms with Gasteiger partial charge < -0.3 is 11.1 Å². The van der Waals surface area contributed by atoms with Crippen molar-refractivity contribution in [3.63, 3.8) is 0 Å². The lowest BCUT2D eigenvalue weighted by Crippen LogP contribution is -2.09. The molecule has 3 nitrogen and oxygen atoms in total. The van der Waals surface area contributed by atoms with E-state index in [9.17, 15) is 0 Å². The highest BCUT2D eigenvalue weighted by Gasteiger charge is 2.05. The fourth-order valence-electron chi connectivity index (χ4n) is 1.96. The van der Waals surface area contributed by atoms with E-state index in [4.69, 9.17) is 10.7 Å². The Bertz CT molecular complexity index is 509. The van der Waals surface area contributed by atoms with Crippen LogP contribution in [0, 0.1) is 0 Å². The van der Waals surface area contributed by atoms with Crippen LogP contribution in [0.2, 0.25) is 0 Å². The van der Waals surface area contributed by atoms with Gasteiger partial charge in [-0.2, -0.15) is 0 Å². The molecule has 0 aliphatic heterocycles. The fraction of sp³-hybridized carbons (Fsp3) is 0.312. The van der Waals surface area contributed by atoms with Crippen LogP contribution in [-0.4, -0.2) is 11.5 Å². The first-order chi connectivity index (χ1) is 9.35. The average molecular weight is 255 g/mol. The second-order valence-corrected chi connectivity index (χ2v) is 4.55. The maximum Gasteiger partial charge on any atom is 0.131 e. The van der Waals surface area contributed by atoms with Crippen molar-refractivity contribution in [3.8, 4) is 11.3 Å². The highest BCUT2D eigenvalue weighted by atomic mass is 15.0. The van der Waals surface area contributed by atoms with Crippen molar-refractivity contribution < 1.29 is 0 Å². The summed E-state index contributed by atoms with van der Waals surface area (Å²) < 4.78 is 0. The van der Waals surface area contributed by atoms with E-state index in [1.165, 1.54) is 6.42 Å². The van der Waals surface area contributed by atoms with Gasteiger partial charge in [0.1, 0.15) is 5.82 Å². The predicted molar refractivity (Wildman–Crippen MR) is 81.0 cm³/mol. The Balaban J connectivity index is 2.25. The van der Waals surface area contributed by atoms with Gasteiger partial charge in [-0.3, -0.25) is 0 Å². The van der Waals surface area contributed by atoms with E-state index in [2.05, 4.69) is 30.4 Å². The minimum Gasteiger partial charge on any atom is -0.370 e. The molecule has 1 heterocycles. The summed E-state index contributed by atoms with van der Waals surface area (Å²) >= 11 is 0. The molecule has 0 atom stereocenters. The van der Waals surface area contributed by atoms with Crippen LogP contribution in [0.15, 0.2) is 42.5 Å². The molecule has 2 aromatic rings. The Morgan fingerprint density at radius 1 is 1.11 bits per heavy atom. The standard InChI is InChI=1S/C16H21N3/c1-2-3-11-18-16-14(12-17)9-10-15(19-16)13-7-5-4-6-8-13/h4-10H,2-3,11-12,17H2,1H3,(H,18,19). The van der Waals surface area contributed by atoms with E-state index in [0.29, 0.717) is 6.54 Å². The van der Waals surface area contributed by atoms with Crippen molar-refractivity contribution in [2.24, 2.45) is 5.73 Å². The van der Waals surface area contributed by atoms with Gasteiger partial charge in [-0.15, -0.1) is 0 Å². The number of rotatable bonds is 6. The summed E-state index contributed by atoms with van der Waals surface area (Å²) in [5, 5.41) is 3.38. The average Bonchev–Trinajstić information content (AvgIpc) is 2.48. The first-order valence-electron chi connectivity index (χ1n) is 6.84. The number of pyridine rings is 1. The minimum absolute atomic E-state index is 0.510. The molecule has 0 bridgehead atoms. The summed E-state index contributed by atoms with van der Waals surface area (Å²) in [5.74, 6) is 0.914. The van der Waals surface area contributed by atoms with Crippen LogP contribution in [0.1, 0.15) is 25.3 Å². The largest absolute Gasteiger partial charge is 0.370 e. The summed E-state index contributed by atoms with van der Waals surface area (Å²) in [6.45, 7) is 3.63. The quantitative estimate of drug-likeness (QED) is 0.778. The van der Waals surface area contributed by atoms with E-state index in [1.807, 2.05) is 24.3 Å². The van der Waals surface area contributed by atoms with Crippen molar-refractivity contribution in [1.29, 1.82) is 0 Å². The zero-order valence-corrected chi connectivity index (χ0v) is 11.4. The molecule has 0 spiro atoms. The SMILES string of the molecule is CCCCNc1nc(-c2ccccc2)ccc1CN. The Morgan fingerprint density at radius 3 is 2.58 bits per heavy atom. The van der Waals surface area contributed by atoms with Gasteiger partial charge in [-0.1, -0.05) is 49.7 Å². The van der Waals surface area contributed by atoms with Gasteiger partial charge in [0.15, 0.2) is 0 Å². The molecule has 0 aliphatic rings. The molecule has 1 aromatic heterocycles. The minimum atomic E-state index is 0.510. The Labute approximate surface area is 114 Å². The third kappa shape index (κ3) is 3.55. The fourth-order valence-corrected chi connectivity index (χ4v) is 1.96. The van der Waals surface area contributed by atoms with Gasteiger partial charge in [-0.25, -0.2) is 4.98 Å². The summed E-state index contributed by atoms with van der Waals surface area (Å²) in [7, 11) is 0. The summed E-state index contributed by atoms with van der Waals surface area (Å²) in [6, 6.07) is 14.3. The molecule has 19 heavy (non-hydrogen) atoms. The lowest BCUT2D eigenvalue weighted by Gasteiger charge is -2.11. The number of anilines is 1. The molecule has 0 fully saturated rings. The molecule has 3 heteroatoms. The third-order valence-electron chi connectivity index (χ3n) is 3.09. The molecular weight excluding hydrogens is 234 g/mol. The van der Waals surface area contributed by atoms with E-state index < -0.39 is 0 Å². The summed E-state index contributed by atoms with van der Waals surface area (Å²) in [5.41, 5.74) is 8.94. The summed E-state index contributed by atoms with van der Waals surface area (Å²) in [4.78, 5) is 4.69. The van der Waals surface area contributed by atoms with Gasteiger partial charge >= 0.3 is 0 Å². The molecule has 1 aromatic carbocycles. The Morgan fingerprint density at radius 2 is 1.89 bits per heavy atom. The van der Waals surface area contributed by atoms with E-state index >= 15 is 0 Å². The third-order valence-corrected chi connectivity index (χ3v) is 3.09. The lowest BCUT2D eigenvalue weighted by molar-refractivity contribution is 0.828. The van der Waals surface area contributed by atoms with Gasteiger partial charge in [0.25, 0.3) is 0 Å². The first kappa shape index (κ1) is 13.6. The van der Waals surface area contributed by atoms with Crippen LogP contribution in [0.25, 0.3) is 11.3 Å². The van der Waals surface area contributed by atoms with Gasteiger partial charge in [-0.05, 0) is 12.5 Å². The molecule has 0 amide bonds. The predicted octanol–water partition coefficient (Wildman–Crippen LogP) is 3.42. The van der Waals surface area contributed by atoms with Crippen LogP contribution in [0.3, 0.4) is 0 Å². The van der Waals surface area contributed by atoms with Crippen molar-refractivity contribution in [3.05, 3.63) is 48.0 Å². The normalized spacial score (nSPS) is 10.4. The van der Waals surface area contributed by atoms with Crippen molar-refractivity contribution in [2.75, 3.05) is 11.9 Å². The number of hydrogen-bond donors (Lipinski definition) is 2. The summed E-state index contributed by atoms with van der Waals surface area (Å²) in [6.07, 6.45) is 2.31. The number of hydrogen-bond acceptors (Lipinski definition) is 3. The molecule has 0 saturated carbocycles. The second kappa shape index (κ2) is 6.90. The zero-order chi connectivity index (χ0) is 13.5. The van der Waals surface area contributed by atoms with Crippen molar-refractivity contribution in [1.82, 2.24) is 4.98 Å². The number of aromatic nitrogens is 1. The number of benzene rings is 1. The van der Waals surface area contributed by atoms with Crippen LogP contribution in [0.4, 0.5) is 5.82 Å². The number of nitrogens with two attached hydrogens (primary N) is 1. The van der Waals surface area contributed by atoms with Crippen LogP contribution in [0.5, 0.6) is 0 Å². The molecule has 0 saturated heterocycles. The Kier molecular flexibility index (Phi) is 4.93. The smallest absolute Gasteiger partial charge is 0.131 e. The highest BCUT2D eigenvalue weighted by Crippen LogP contribution is 2.21. The molecule has 0 unspecified atom stereocenters. The van der Waals surface area contributed by atoms with Crippen LogP contribution >= 0.6 is 0 Å². The van der Waals surface area contributed by atoms with E-state index in [0.717, 1.165) is 35.6 Å². The topological polar surface area (TPSA) is 50.9 Å². The lowest BCUT2D eigenvalue weighted by atomic mass is 10.1. The van der Waals surface area contributed by atoms with Crippen LogP contribution < -0.4 is 11.1 Å². The number of nitrogens with zero attached hydrogens (tertiary/aromatic N) is 1. The molecule has 3 N–H and O–H groups in total. The zero-order valence-electron chi connectivity index (χ0n) is 11.4. The van der Waals surface area contributed by atoms with Gasteiger partial charge in [0.05, 0.1) is 5.69 Å². The van der Waals surface area contributed by atoms with Crippen LogP contribution in [-0.2, 0) is 6.54 Å². The van der Waals surface area contributed by atoms with Crippen molar-refractivity contribution in [2.45, 2.75) is 26.3 Å². The van der Waals surface area contributed by atoms with Gasteiger partial charge in [0.2, 0.25) is 0 Å². The molecule has 2 rings (SSSR count). The van der Waals surface area contributed by atoms with E-state index in [1.54, 1.807) is 0 Å². The van der Waals surface area contributed by atoms with E-state index in [-0.39, 0.29) is 0 Å². The maximum atomic E-state index is 5.76. The molecule has 0 radical (unpaired) electrons. The molecular formula is C16H21N3. The van der Waals surface area contributed by atoms with Crippen molar-refractivity contribution >= 4 is 5.82 Å². The highest BCUT2D eigenvalue weighted by molar-refractivity contribution is 5.62. The Hall–Kier alpha value is -1.87. The first-order valence-corrected chi connectivity index (χ1v) is 6.84. The molecule has 100 valence electrons. The number of nitrogens with one attached hydrogen (secondary N) is 1. The van der Waals surface area contributed by atoms with Gasteiger partial charge in [0, 0.05) is 24.2 Å².